The van der Waals surface area contributed by atoms with E-state index in [1.54, 1.807) is 22.8 Å². The van der Waals surface area contributed by atoms with Gasteiger partial charge in [0.05, 0.1) is 27.8 Å². The summed E-state index contributed by atoms with van der Waals surface area (Å²) in [6, 6.07) is 9.84. The Labute approximate surface area is 165 Å². The first-order valence-corrected chi connectivity index (χ1v) is 9.80. The lowest BCUT2D eigenvalue weighted by Crippen LogP contribution is -2.26. The Morgan fingerprint density at radius 3 is 2.88 bits per heavy atom. The first kappa shape index (κ1) is 18.7. The van der Waals surface area contributed by atoms with Gasteiger partial charge in [0.1, 0.15) is 12.4 Å². The first-order chi connectivity index (χ1) is 12.4. The fourth-order valence-electron chi connectivity index (χ4n) is 2.53. The summed E-state index contributed by atoms with van der Waals surface area (Å²) in [5.74, 6) is 0.826. The Kier molecular flexibility index (Phi) is 5.78. The molecule has 2 aromatic heterocycles. The van der Waals surface area contributed by atoms with E-state index >= 15 is 0 Å². The number of aryl methyl sites for hydroxylation is 2. The molecule has 26 heavy (non-hydrogen) atoms. The molecule has 2 heterocycles. The van der Waals surface area contributed by atoms with Crippen LogP contribution in [0.5, 0.6) is 5.75 Å². The van der Waals surface area contributed by atoms with Crippen LogP contribution in [0.3, 0.4) is 0 Å². The highest BCUT2D eigenvalue weighted by Crippen LogP contribution is 2.22. The molecular weight excluding hydrogens is 414 g/mol. The van der Waals surface area contributed by atoms with Crippen molar-refractivity contribution in [3.63, 3.8) is 0 Å². The number of aromatic nitrogens is 2. The van der Waals surface area contributed by atoms with Gasteiger partial charge >= 0.3 is 0 Å². The van der Waals surface area contributed by atoms with Crippen LogP contribution in [0, 0.1) is 6.92 Å². The van der Waals surface area contributed by atoms with Gasteiger partial charge in [-0.2, -0.15) is 5.10 Å². The average Bonchev–Trinajstić information content (AvgIpc) is 3.21. The van der Waals surface area contributed by atoms with Crippen molar-refractivity contribution < 1.29 is 9.53 Å². The number of hydrogen-bond donors (Lipinski definition) is 0. The number of rotatable bonds is 6. The molecule has 0 saturated carbocycles. The molecule has 0 N–H and O–H groups in total. The van der Waals surface area contributed by atoms with Gasteiger partial charge in [0.15, 0.2) is 0 Å². The standard InChI is InChI=1S/C19H20BrN3O2S/c1-13-5-4-6-15(7-13)25-11-14-8-18(26-12-14)19(24)22(2)10-17-16(20)9-21-23(17)3/h4-9,12H,10-11H2,1-3H3. The highest BCUT2D eigenvalue weighted by Gasteiger charge is 2.17. The number of carbonyl (C=O) groups excluding carboxylic acids is 1. The lowest BCUT2D eigenvalue weighted by molar-refractivity contribution is 0.0786. The van der Waals surface area contributed by atoms with E-state index in [0.29, 0.717) is 18.0 Å². The molecule has 136 valence electrons. The second kappa shape index (κ2) is 8.05. The van der Waals surface area contributed by atoms with Crippen molar-refractivity contribution in [3.8, 4) is 5.75 Å². The van der Waals surface area contributed by atoms with Gasteiger partial charge in [-0.1, -0.05) is 12.1 Å². The summed E-state index contributed by atoms with van der Waals surface area (Å²) < 4.78 is 8.48. The lowest BCUT2D eigenvalue weighted by atomic mass is 10.2. The summed E-state index contributed by atoms with van der Waals surface area (Å²) in [6.07, 6.45) is 1.74. The monoisotopic (exact) mass is 433 g/mol. The molecule has 0 saturated heterocycles. The number of thiophene rings is 1. The van der Waals surface area contributed by atoms with E-state index in [1.807, 2.05) is 49.7 Å². The molecule has 0 fully saturated rings. The smallest absolute Gasteiger partial charge is 0.264 e. The zero-order valence-corrected chi connectivity index (χ0v) is 17.3. The molecule has 0 unspecified atom stereocenters. The maximum Gasteiger partial charge on any atom is 0.264 e. The van der Waals surface area contributed by atoms with Crippen LogP contribution in [0.1, 0.15) is 26.5 Å². The summed E-state index contributed by atoms with van der Waals surface area (Å²) in [6.45, 7) is 2.97. The molecule has 0 spiro atoms. The second-order valence-corrected chi connectivity index (χ2v) is 7.91. The minimum absolute atomic E-state index is 0.00935. The summed E-state index contributed by atoms with van der Waals surface area (Å²) in [5, 5.41) is 6.15. The summed E-state index contributed by atoms with van der Waals surface area (Å²) in [5.41, 5.74) is 3.11. The van der Waals surface area contributed by atoms with Crippen molar-refractivity contribution in [3.05, 3.63) is 68.1 Å². The van der Waals surface area contributed by atoms with E-state index < -0.39 is 0 Å². The van der Waals surface area contributed by atoms with Crippen LogP contribution in [0.2, 0.25) is 0 Å². The zero-order chi connectivity index (χ0) is 18.7. The number of benzene rings is 1. The van der Waals surface area contributed by atoms with Gasteiger partial charge < -0.3 is 9.64 Å². The Bertz CT molecular complexity index is 900. The number of carbonyl (C=O) groups is 1. The molecule has 0 aliphatic heterocycles. The molecule has 0 bridgehead atoms. The molecule has 0 aliphatic carbocycles. The molecule has 3 rings (SSSR count). The highest BCUT2D eigenvalue weighted by molar-refractivity contribution is 9.10. The molecule has 0 radical (unpaired) electrons. The maximum absolute atomic E-state index is 12.7. The zero-order valence-electron chi connectivity index (χ0n) is 14.9. The molecular formula is C19H20BrN3O2S. The predicted molar refractivity (Wildman–Crippen MR) is 107 cm³/mol. The van der Waals surface area contributed by atoms with Crippen molar-refractivity contribution in [2.45, 2.75) is 20.1 Å². The van der Waals surface area contributed by atoms with Crippen LogP contribution in [-0.2, 0) is 20.2 Å². The molecule has 1 amide bonds. The fourth-order valence-corrected chi connectivity index (χ4v) is 3.90. The molecule has 7 heteroatoms. The van der Waals surface area contributed by atoms with Crippen molar-refractivity contribution in [2.75, 3.05) is 7.05 Å². The maximum atomic E-state index is 12.7. The molecule has 0 atom stereocenters. The van der Waals surface area contributed by atoms with Crippen LogP contribution < -0.4 is 4.74 Å². The third-order valence-electron chi connectivity index (χ3n) is 4.00. The number of halogens is 1. The average molecular weight is 434 g/mol. The SMILES string of the molecule is Cc1cccc(OCc2csc(C(=O)N(C)Cc3c(Br)cnn3C)c2)c1. The van der Waals surface area contributed by atoms with Gasteiger partial charge in [0, 0.05) is 19.7 Å². The van der Waals surface area contributed by atoms with E-state index in [0.717, 1.165) is 27.0 Å². The van der Waals surface area contributed by atoms with Crippen molar-refractivity contribution in [1.29, 1.82) is 0 Å². The summed E-state index contributed by atoms with van der Waals surface area (Å²) >= 11 is 4.91. The highest BCUT2D eigenvalue weighted by atomic mass is 79.9. The van der Waals surface area contributed by atoms with Crippen LogP contribution in [0.25, 0.3) is 0 Å². The molecule has 1 aromatic carbocycles. The Balaban J connectivity index is 1.62. The molecule has 3 aromatic rings. The van der Waals surface area contributed by atoms with Gasteiger partial charge in [-0.15, -0.1) is 11.3 Å². The number of nitrogens with zero attached hydrogens (tertiary/aromatic N) is 3. The van der Waals surface area contributed by atoms with Gasteiger partial charge in [0.25, 0.3) is 5.91 Å². The van der Waals surface area contributed by atoms with Gasteiger partial charge in [0.2, 0.25) is 0 Å². The van der Waals surface area contributed by atoms with Gasteiger partial charge in [-0.25, -0.2) is 0 Å². The minimum Gasteiger partial charge on any atom is -0.489 e. The number of amides is 1. The Hall–Kier alpha value is -2.12. The second-order valence-electron chi connectivity index (χ2n) is 6.15. The predicted octanol–water partition coefficient (Wildman–Crippen LogP) is 4.40. The Morgan fingerprint density at radius 1 is 1.38 bits per heavy atom. The normalized spacial score (nSPS) is 10.8. The van der Waals surface area contributed by atoms with E-state index in [-0.39, 0.29) is 5.91 Å². The van der Waals surface area contributed by atoms with E-state index in [1.165, 1.54) is 11.3 Å². The summed E-state index contributed by atoms with van der Waals surface area (Å²) in [4.78, 5) is 15.1. The van der Waals surface area contributed by atoms with E-state index in [9.17, 15) is 4.79 Å². The third kappa shape index (κ3) is 4.34. The van der Waals surface area contributed by atoms with Crippen LogP contribution in [-0.4, -0.2) is 27.6 Å². The lowest BCUT2D eigenvalue weighted by Gasteiger charge is -2.16. The van der Waals surface area contributed by atoms with Crippen molar-refractivity contribution in [1.82, 2.24) is 14.7 Å². The molecule has 5 nitrogen and oxygen atoms in total. The van der Waals surface area contributed by atoms with Gasteiger partial charge in [-0.05, 0) is 52.0 Å². The van der Waals surface area contributed by atoms with E-state index in [4.69, 9.17) is 4.74 Å². The largest absolute Gasteiger partial charge is 0.489 e. The number of ether oxygens (including phenoxy) is 1. The quantitative estimate of drug-likeness (QED) is 0.578. The van der Waals surface area contributed by atoms with Gasteiger partial charge in [-0.3, -0.25) is 9.48 Å². The first-order valence-electron chi connectivity index (χ1n) is 8.12. The Morgan fingerprint density at radius 2 is 2.19 bits per heavy atom. The summed E-state index contributed by atoms with van der Waals surface area (Å²) in [7, 11) is 3.66. The minimum atomic E-state index is -0.00935. The van der Waals surface area contributed by atoms with Crippen LogP contribution in [0.4, 0.5) is 0 Å². The molecule has 0 aliphatic rings. The van der Waals surface area contributed by atoms with Crippen molar-refractivity contribution in [2.24, 2.45) is 7.05 Å². The van der Waals surface area contributed by atoms with Crippen molar-refractivity contribution >= 4 is 33.2 Å². The van der Waals surface area contributed by atoms with Crippen LogP contribution in [0.15, 0.2) is 46.4 Å². The van der Waals surface area contributed by atoms with Crippen LogP contribution >= 0.6 is 27.3 Å². The number of hydrogen-bond acceptors (Lipinski definition) is 4. The topological polar surface area (TPSA) is 47.4 Å². The fraction of sp³-hybridized carbons (Fsp3) is 0.263. The van der Waals surface area contributed by atoms with E-state index in [2.05, 4.69) is 21.0 Å². The third-order valence-corrected chi connectivity index (χ3v) is 5.63.